The number of halogens is 3. The molecule has 100 valence electrons. The second-order valence-corrected chi connectivity index (χ2v) is 3.60. The third-order valence-corrected chi connectivity index (χ3v) is 2.17. The van der Waals surface area contributed by atoms with Gasteiger partial charge in [-0.25, -0.2) is 0 Å². The molecule has 6 heteroatoms. The lowest BCUT2D eigenvalue weighted by Gasteiger charge is -2.13. The molecule has 1 rings (SSSR count). The predicted molar refractivity (Wildman–Crippen MR) is 58.5 cm³/mol. The summed E-state index contributed by atoms with van der Waals surface area (Å²) in [4.78, 5) is 11.3. The normalized spacial score (nSPS) is 12.9. The molecule has 0 spiro atoms. The van der Waals surface area contributed by atoms with Gasteiger partial charge in [-0.15, -0.1) is 13.2 Å². The molecule has 1 aromatic carbocycles. The Kier molecular flexibility index (Phi) is 4.58. The monoisotopic (exact) mass is 262 g/mol. The van der Waals surface area contributed by atoms with Crippen molar-refractivity contribution in [3.8, 4) is 11.5 Å². The first kappa shape index (κ1) is 14.3. The topological polar surface area (TPSA) is 35.5 Å². The van der Waals surface area contributed by atoms with E-state index in [9.17, 15) is 18.0 Å². The number of rotatable bonds is 5. The minimum Gasteiger partial charge on any atom is -0.483 e. The van der Waals surface area contributed by atoms with Crippen molar-refractivity contribution in [2.45, 2.75) is 32.7 Å². The minimum absolute atomic E-state index is 0.0781. The number of hydrogen-bond acceptors (Lipinski definition) is 3. The van der Waals surface area contributed by atoms with Gasteiger partial charge in [-0.3, -0.25) is 4.79 Å². The van der Waals surface area contributed by atoms with E-state index >= 15 is 0 Å². The van der Waals surface area contributed by atoms with Gasteiger partial charge in [0.1, 0.15) is 11.5 Å². The van der Waals surface area contributed by atoms with Crippen LogP contribution in [0.1, 0.15) is 20.3 Å². The Labute approximate surface area is 103 Å². The number of hydrogen-bond donors (Lipinski definition) is 0. The van der Waals surface area contributed by atoms with Crippen LogP contribution in [0, 0.1) is 0 Å². The van der Waals surface area contributed by atoms with E-state index in [4.69, 9.17) is 4.74 Å². The van der Waals surface area contributed by atoms with Gasteiger partial charge in [0.25, 0.3) is 0 Å². The van der Waals surface area contributed by atoms with Gasteiger partial charge < -0.3 is 9.47 Å². The first-order chi connectivity index (χ1) is 8.31. The summed E-state index contributed by atoms with van der Waals surface area (Å²) in [5.74, 6) is -0.0891. The third kappa shape index (κ3) is 4.65. The van der Waals surface area contributed by atoms with Crippen molar-refractivity contribution < 1.29 is 27.4 Å². The van der Waals surface area contributed by atoms with E-state index in [1.807, 2.05) is 0 Å². The van der Waals surface area contributed by atoms with Crippen LogP contribution in [0.2, 0.25) is 0 Å². The third-order valence-electron chi connectivity index (χ3n) is 2.17. The molecule has 0 aliphatic rings. The number of alkyl halides is 3. The summed E-state index contributed by atoms with van der Waals surface area (Å²) in [6, 6.07) is 4.90. The van der Waals surface area contributed by atoms with Crippen molar-refractivity contribution >= 4 is 5.78 Å². The molecule has 0 aromatic heterocycles. The first-order valence-electron chi connectivity index (χ1n) is 5.37. The largest absolute Gasteiger partial charge is 0.573 e. The zero-order valence-corrected chi connectivity index (χ0v) is 9.95. The van der Waals surface area contributed by atoms with E-state index in [0.717, 1.165) is 12.1 Å². The van der Waals surface area contributed by atoms with Crippen LogP contribution >= 0.6 is 0 Å². The van der Waals surface area contributed by atoms with Crippen molar-refractivity contribution in [2.75, 3.05) is 0 Å². The van der Waals surface area contributed by atoms with Crippen LogP contribution in [-0.4, -0.2) is 18.2 Å². The Morgan fingerprint density at radius 1 is 1.22 bits per heavy atom. The molecule has 0 radical (unpaired) electrons. The molecule has 0 amide bonds. The van der Waals surface area contributed by atoms with Gasteiger partial charge in [-0.2, -0.15) is 0 Å². The average Bonchev–Trinajstić information content (AvgIpc) is 2.28. The standard InChI is InChI=1S/C12H13F3O3/c1-3-11(16)8(2)17-9-4-6-10(7-5-9)18-12(13,14)15/h4-8H,3H2,1-2H3. The first-order valence-corrected chi connectivity index (χ1v) is 5.37. The van der Waals surface area contributed by atoms with Gasteiger partial charge in [0.05, 0.1) is 0 Å². The number of benzene rings is 1. The highest BCUT2D eigenvalue weighted by Gasteiger charge is 2.31. The van der Waals surface area contributed by atoms with Crippen LogP contribution in [-0.2, 0) is 4.79 Å². The van der Waals surface area contributed by atoms with E-state index in [2.05, 4.69) is 4.74 Å². The summed E-state index contributed by atoms with van der Waals surface area (Å²) in [6.07, 6.45) is -4.99. The van der Waals surface area contributed by atoms with Crippen molar-refractivity contribution in [2.24, 2.45) is 0 Å². The van der Waals surface area contributed by atoms with E-state index in [1.165, 1.54) is 12.1 Å². The lowest BCUT2D eigenvalue weighted by atomic mass is 10.2. The second kappa shape index (κ2) is 5.75. The van der Waals surface area contributed by atoms with Crippen LogP contribution in [0.5, 0.6) is 11.5 Å². The van der Waals surface area contributed by atoms with Crippen molar-refractivity contribution in [1.29, 1.82) is 0 Å². The second-order valence-electron chi connectivity index (χ2n) is 3.60. The molecule has 0 bridgehead atoms. The van der Waals surface area contributed by atoms with Crippen LogP contribution in [0.3, 0.4) is 0 Å². The maximum absolute atomic E-state index is 11.9. The highest BCUT2D eigenvalue weighted by atomic mass is 19.4. The van der Waals surface area contributed by atoms with Crippen LogP contribution < -0.4 is 9.47 Å². The molecular weight excluding hydrogens is 249 g/mol. The highest BCUT2D eigenvalue weighted by molar-refractivity contribution is 5.82. The van der Waals surface area contributed by atoms with Gasteiger partial charge in [-0.05, 0) is 31.2 Å². The van der Waals surface area contributed by atoms with E-state index in [0.29, 0.717) is 12.2 Å². The van der Waals surface area contributed by atoms with Gasteiger partial charge in [0.15, 0.2) is 11.9 Å². The van der Waals surface area contributed by atoms with Crippen LogP contribution in [0.4, 0.5) is 13.2 Å². The fraction of sp³-hybridized carbons (Fsp3) is 0.417. The maximum atomic E-state index is 11.9. The minimum atomic E-state index is -4.71. The molecule has 0 saturated carbocycles. The molecule has 0 fully saturated rings. The molecule has 3 nitrogen and oxygen atoms in total. The number of Topliss-reactive ketones (excluding diaryl/α,β-unsaturated/α-hetero) is 1. The Hall–Kier alpha value is -1.72. The summed E-state index contributed by atoms with van der Waals surface area (Å²) >= 11 is 0. The van der Waals surface area contributed by atoms with Crippen molar-refractivity contribution in [3.05, 3.63) is 24.3 Å². The lowest BCUT2D eigenvalue weighted by Crippen LogP contribution is -2.22. The van der Waals surface area contributed by atoms with Crippen molar-refractivity contribution in [1.82, 2.24) is 0 Å². The number of ether oxygens (including phenoxy) is 2. The van der Waals surface area contributed by atoms with Crippen LogP contribution in [0.15, 0.2) is 24.3 Å². The lowest BCUT2D eigenvalue weighted by molar-refractivity contribution is -0.274. The van der Waals surface area contributed by atoms with Gasteiger partial charge in [0.2, 0.25) is 0 Å². The van der Waals surface area contributed by atoms with Gasteiger partial charge in [0, 0.05) is 6.42 Å². The maximum Gasteiger partial charge on any atom is 0.573 e. The molecule has 0 aliphatic heterocycles. The molecule has 0 heterocycles. The Morgan fingerprint density at radius 2 is 1.72 bits per heavy atom. The zero-order chi connectivity index (χ0) is 13.8. The fourth-order valence-electron chi connectivity index (χ4n) is 1.28. The molecule has 1 atom stereocenters. The smallest absolute Gasteiger partial charge is 0.483 e. The van der Waals surface area contributed by atoms with Crippen LogP contribution in [0.25, 0.3) is 0 Å². The Balaban J connectivity index is 2.63. The number of carbonyl (C=O) groups is 1. The Bertz CT molecular complexity index is 398. The average molecular weight is 262 g/mol. The molecule has 0 N–H and O–H groups in total. The SMILES string of the molecule is CCC(=O)C(C)Oc1ccc(OC(F)(F)F)cc1. The number of carbonyl (C=O) groups excluding carboxylic acids is 1. The zero-order valence-electron chi connectivity index (χ0n) is 9.95. The molecule has 1 aromatic rings. The van der Waals surface area contributed by atoms with E-state index in [1.54, 1.807) is 13.8 Å². The number of ketones is 1. The van der Waals surface area contributed by atoms with Crippen molar-refractivity contribution in [3.63, 3.8) is 0 Å². The van der Waals surface area contributed by atoms with Gasteiger partial charge >= 0.3 is 6.36 Å². The van der Waals surface area contributed by atoms with E-state index < -0.39 is 12.5 Å². The fourth-order valence-corrected chi connectivity index (χ4v) is 1.28. The summed E-state index contributed by atoms with van der Waals surface area (Å²) in [6.45, 7) is 3.30. The molecule has 0 aliphatic carbocycles. The summed E-state index contributed by atoms with van der Waals surface area (Å²) in [7, 11) is 0. The molecule has 18 heavy (non-hydrogen) atoms. The predicted octanol–water partition coefficient (Wildman–Crippen LogP) is 3.33. The van der Waals surface area contributed by atoms with Gasteiger partial charge in [-0.1, -0.05) is 6.92 Å². The summed E-state index contributed by atoms with van der Waals surface area (Å²) < 4.78 is 44.7. The summed E-state index contributed by atoms with van der Waals surface area (Å²) in [5.41, 5.74) is 0. The highest BCUT2D eigenvalue weighted by Crippen LogP contribution is 2.25. The Morgan fingerprint density at radius 3 is 2.17 bits per heavy atom. The molecular formula is C12H13F3O3. The summed E-state index contributed by atoms with van der Waals surface area (Å²) in [5, 5.41) is 0. The quantitative estimate of drug-likeness (QED) is 0.816. The molecule has 1 unspecified atom stereocenters. The molecule has 0 saturated heterocycles. The van der Waals surface area contributed by atoms with E-state index in [-0.39, 0.29) is 11.5 Å².